The summed E-state index contributed by atoms with van der Waals surface area (Å²) in [7, 11) is 1.53. The van der Waals surface area contributed by atoms with Gasteiger partial charge in [0.2, 0.25) is 0 Å². The van der Waals surface area contributed by atoms with E-state index in [0.29, 0.717) is 23.0 Å². The number of amides is 2. The second-order valence-corrected chi connectivity index (χ2v) is 5.49. The standard InChI is InChI=1S/C16H15ClN6O2/c1-25-15-6-5-12(8-14(15)17)20-16(24)18-9-11-3-2-4-13(7-11)23-10-19-21-22-23/h2-8,10H,9H2,1H3,(H2,18,20,24). The molecule has 1 heterocycles. The molecule has 3 aromatic rings. The Labute approximate surface area is 148 Å². The van der Waals surface area contributed by atoms with E-state index < -0.39 is 0 Å². The van der Waals surface area contributed by atoms with Crippen molar-refractivity contribution in [1.82, 2.24) is 25.5 Å². The number of benzene rings is 2. The minimum atomic E-state index is -0.339. The molecule has 0 atom stereocenters. The monoisotopic (exact) mass is 358 g/mol. The number of aromatic nitrogens is 4. The lowest BCUT2D eigenvalue weighted by Crippen LogP contribution is -2.28. The molecule has 0 fully saturated rings. The number of hydrogen-bond donors (Lipinski definition) is 2. The van der Waals surface area contributed by atoms with Crippen LogP contribution in [0.3, 0.4) is 0 Å². The average Bonchev–Trinajstić information content (AvgIpc) is 3.15. The van der Waals surface area contributed by atoms with Gasteiger partial charge in [-0.15, -0.1) is 5.10 Å². The zero-order valence-electron chi connectivity index (χ0n) is 13.3. The van der Waals surface area contributed by atoms with Crippen LogP contribution in [0.4, 0.5) is 10.5 Å². The molecule has 0 saturated carbocycles. The molecule has 0 aliphatic heterocycles. The van der Waals surface area contributed by atoms with Crippen LogP contribution in [-0.2, 0) is 6.54 Å². The molecular formula is C16H15ClN6O2. The van der Waals surface area contributed by atoms with Gasteiger partial charge in [0.15, 0.2) is 0 Å². The summed E-state index contributed by atoms with van der Waals surface area (Å²) in [5.41, 5.74) is 2.30. The maximum atomic E-state index is 12.0. The summed E-state index contributed by atoms with van der Waals surface area (Å²) < 4.78 is 6.62. The molecule has 25 heavy (non-hydrogen) atoms. The molecule has 0 aliphatic carbocycles. The van der Waals surface area contributed by atoms with Crippen molar-refractivity contribution in [3.05, 3.63) is 59.4 Å². The molecule has 0 saturated heterocycles. The first-order chi connectivity index (χ1) is 12.2. The highest BCUT2D eigenvalue weighted by molar-refractivity contribution is 6.32. The van der Waals surface area contributed by atoms with Crippen LogP contribution in [-0.4, -0.2) is 33.3 Å². The highest BCUT2D eigenvalue weighted by Crippen LogP contribution is 2.27. The molecule has 9 heteroatoms. The Hall–Kier alpha value is -3.13. The number of rotatable bonds is 5. The smallest absolute Gasteiger partial charge is 0.319 e. The fourth-order valence-electron chi connectivity index (χ4n) is 2.19. The van der Waals surface area contributed by atoms with E-state index in [1.54, 1.807) is 22.9 Å². The lowest BCUT2D eigenvalue weighted by atomic mass is 10.2. The molecule has 3 rings (SSSR count). The Bertz CT molecular complexity index is 869. The predicted octanol–water partition coefficient (Wildman–Crippen LogP) is 2.65. The maximum absolute atomic E-state index is 12.0. The molecular weight excluding hydrogens is 344 g/mol. The molecule has 128 valence electrons. The van der Waals surface area contributed by atoms with Crippen LogP contribution in [0.5, 0.6) is 5.75 Å². The number of nitrogens with one attached hydrogen (secondary N) is 2. The van der Waals surface area contributed by atoms with Gasteiger partial charge >= 0.3 is 6.03 Å². The number of anilines is 1. The summed E-state index contributed by atoms with van der Waals surface area (Å²) >= 11 is 6.04. The van der Waals surface area contributed by atoms with E-state index in [2.05, 4.69) is 26.2 Å². The summed E-state index contributed by atoms with van der Waals surface area (Å²) in [6.07, 6.45) is 1.51. The van der Waals surface area contributed by atoms with E-state index in [-0.39, 0.29) is 6.03 Å². The maximum Gasteiger partial charge on any atom is 0.319 e. The first-order valence-electron chi connectivity index (χ1n) is 7.36. The second kappa shape index (κ2) is 7.63. The van der Waals surface area contributed by atoms with E-state index in [1.807, 2.05) is 24.3 Å². The van der Waals surface area contributed by atoms with Gasteiger partial charge in [0, 0.05) is 12.2 Å². The first kappa shape index (κ1) is 16.7. The van der Waals surface area contributed by atoms with E-state index in [4.69, 9.17) is 16.3 Å². The van der Waals surface area contributed by atoms with Crippen molar-refractivity contribution in [2.75, 3.05) is 12.4 Å². The molecule has 0 aliphatic rings. The summed E-state index contributed by atoms with van der Waals surface area (Å²) in [5, 5.41) is 17.0. The highest BCUT2D eigenvalue weighted by atomic mass is 35.5. The van der Waals surface area contributed by atoms with Gasteiger partial charge < -0.3 is 15.4 Å². The van der Waals surface area contributed by atoms with Gasteiger partial charge in [0.1, 0.15) is 12.1 Å². The van der Waals surface area contributed by atoms with Gasteiger partial charge in [-0.25, -0.2) is 9.48 Å². The molecule has 0 spiro atoms. The number of nitrogens with zero attached hydrogens (tertiary/aromatic N) is 4. The van der Waals surface area contributed by atoms with Crippen LogP contribution in [0.2, 0.25) is 5.02 Å². The molecule has 1 aromatic heterocycles. The number of methoxy groups -OCH3 is 1. The van der Waals surface area contributed by atoms with Crippen molar-refractivity contribution < 1.29 is 9.53 Å². The van der Waals surface area contributed by atoms with E-state index in [9.17, 15) is 4.79 Å². The number of halogens is 1. The fraction of sp³-hybridized carbons (Fsp3) is 0.125. The number of tetrazole rings is 1. The summed E-state index contributed by atoms with van der Waals surface area (Å²) in [4.78, 5) is 12.0. The summed E-state index contributed by atoms with van der Waals surface area (Å²) in [6, 6.07) is 12.2. The van der Waals surface area contributed by atoms with Gasteiger partial charge in [-0.05, 0) is 46.3 Å². The zero-order valence-corrected chi connectivity index (χ0v) is 14.1. The summed E-state index contributed by atoms with van der Waals surface area (Å²) in [5.74, 6) is 0.548. The van der Waals surface area contributed by atoms with Gasteiger partial charge in [-0.3, -0.25) is 0 Å². The predicted molar refractivity (Wildman–Crippen MR) is 93.0 cm³/mol. The minimum Gasteiger partial charge on any atom is -0.495 e. The third-order valence-corrected chi connectivity index (χ3v) is 3.68. The van der Waals surface area contributed by atoms with Crippen molar-refractivity contribution >= 4 is 23.3 Å². The van der Waals surface area contributed by atoms with E-state index >= 15 is 0 Å². The second-order valence-electron chi connectivity index (χ2n) is 5.08. The SMILES string of the molecule is COc1ccc(NC(=O)NCc2cccc(-n3cnnn3)c2)cc1Cl. The van der Waals surface area contributed by atoms with Crippen molar-refractivity contribution in [2.24, 2.45) is 0 Å². The van der Waals surface area contributed by atoms with Crippen LogP contribution < -0.4 is 15.4 Å². The van der Waals surface area contributed by atoms with Crippen molar-refractivity contribution in [2.45, 2.75) is 6.54 Å². The Morgan fingerprint density at radius 2 is 2.16 bits per heavy atom. The van der Waals surface area contributed by atoms with Crippen LogP contribution in [0.25, 0.3) is 5.69 Å². The van der Waals surface area contributed by atoms with Crippen LogP contribution in [0, 0.1) is 0 Å². The van der Waals surface area contributed by atoms with Gasteiger partial charge in [-0.2, -0.15) is 0 Å². The minimum absolute atomic E-state index is 0.339. The first-order valence-corrected chi connectivity index (χ1v) is 7.74. The van der Waals surface area contributed by atoms with E-state index in [0.717, 1.165) is 11.3 Å². The number of ether oxygens (including phenoxy) is 1. The molecule has 0 bridgehead atoms. The third kappa shape index (κ3) is 4.24. The normalized spacial score (nSPS) is 10.3. The molecule has 2 amide bonds. The van der Waals surface area contributed by atoms with Gasteiger partial charge in [-0.1, -0.05) is 23.7 Å². The molecule has 2 aromatic carbocycles. The van der Waals surface area contributed by atoms with Gasteiger partial charge in [0.25, 0.3) is 0 Å². The largest absolute Gasteiger partial charge is 0.495 e. The Morgan fingerprint density at radius 1 is 1.28 bits per heavy atom. The number of hydrogen-bond acceptors (Lipinski definition) is 5. The molecule has 0 radical (unpaired) electrons. The van der Waals surface area contributed by atoms with Crippen LogP contribution in [0.15, 0.2) is 48.8 Å². The number of carbonyl (C=O) groups is 1. The lowest BCUT2D eigenvalue weighted by Gasteiger charge is -2.10. The van der Waals surface area contributed by atoms with Crippen LogP contribution in [0.1, 0.15) is 5.56 Å². The summed E-state index contributed by atoms with van der Waals surface area (Å²) in [6.45, 7) is 0.353. The van der Waals surface area contributed by atoms with Crippen molar-refractivity contribution in [3.63, 3.8) is 0 Å². The third-order valence-electron chi connectivity index (χ3n) is 3.39. The Kier molecular flexibility index (Phi) is 5.10. The van der Waals surface area contributed by atoms with Crippen molar-refractivity contribution in [1.29, 1.82) is 0 Å². The van der Waals surface area contributed by atoms with Crippen molar-refractivity contribution in [3.8, 4) is 11.4 Å². The number of urea groups is 1. The molecule has 8 nitrogen and oxygen atoms in total. The lowest BCUT2D eigenvalue weighted by molar-refractivity contribution is 0.251. The van der Waals surface area contributed by atoms with E-state index in [1.165, 1.54) is 13.4 Å². The Morgan fingerprint density at radius 3 is 2.88 bits per heavy atom. The quantitative estimate of drug-likeness (QED) is 0.731. The average molecular weight is 359 g/mol. The molecule has 2 N–H and O–H groups in total. The Balaban J connectivity index is 1.59. The molecule has 0 unspecified atom stereocenters. The highest BCUT2D eigenvalue weighted by Gasteiger charge is 2.06. The zero-order chi connectivity index (χ0) is 17.6. The number of carbonyl (C=O) groups excluding carboxylic acids is 1. The van der Waals surface area contributed by atoms with Crippen LogP contribution >= 0.6 is 11.6 Å². The van der Waals surface area contributed by atoms with Gasteiger partial charge in [0.05, 0.1) is 17.8 Å². The topological polar surface area (TPSA) is 94.0 Å². The fourth-order valence-corrected chi connectivity index (χ4v) is 2.45.